The second kappa shape index (κ2) is 4.49. The first-order chi connectivity index (χ1) is 6.24. The Kier molecular flexibility index (Phi) is 3.31. The lowest BCUT2D eigenvalue weighted by Gasteiger charge is -2.03. The van der Waals surface area contributed by atoms with E-state index in [1.165, 1.54) is 0 Å². The summed E-state index contributed by atoms with van der Waals surface area (Å²) in [4.78, 5) is 14.9. The zero-order chi connectivity index (χ0) is 9.68. The van der Waals surface area contributed by atoms with Crippen molar-refractivity contribution in [2.75, 3.05) is 13.6 Å². The predicted molar refractivity (Wildman–Crippen MR) is 49.4 cm³/mol. The lowest BCUT2D eigenvalue weighted by Crippen LogP contribution is -2.34. The van der Waals surface area contributed by atoms with Crippen LogP contribution in [0.4, 0.5) is 4.79 Å². The Hall–Kier alpha value is -1.52. The summed E-state index contributed by atoms with van der Waals surface area (Å²) >= 11 is 0. The van der Waals surface area contributed by atoms with Gasteiger partial charge in [0.05, 0.1) is 0 Å². The molecular weight excluding hydrogens is 168 g/mol. The Labute approximate surface area is 77.2 Å². The van der Waals surface area contributed by atoms with Crippen LogP contribution < -0.4 is 10.6 Å². The van der Waals surface area contributed by atoms with Crippen molar-refractivity contribution in [2.24, 2.45) is 7.05 Å². The number of aryl methyl sites for hydroxylation is 1. The monoisotopic (exact) mass is 182 g/mol. The third kappa shape index (κ3) is 2.77. The molecule has 0 atom stereocenters. The molecule has 0 aliphatic rings. The molecule has 72 valence electrons. The molecule has 1 aromatic rings. The van der Waals surface area contributed by atoms with Gasteiger partial charge in [-0.2, -0.15) is 0 Å². The predicted octanol–water partition coefficient (Wildman–Crippen LogP) is -0.108. The van der Waals surface area contributed by atoms with Gasteiger partial charge in [-0.25, -0.2) is 9.78 Å². The number of hydrogen-bond acceptors (Lipinski definition) is 2. The molecule has 0 spiro atoms. The number of nitrogens with zero attached hydrogens (tertiary/aromatic N) is 2. The first-order valence-corrected chi connectivity index (χ1v) is 4.16. The first-order valence-electron chi connectivity index (χ1n) is 4.16. The fraction of sp³-hybridized carbons (Fsp3) is 0.500. The van der Waals surface area contributed by atoms with E-state index in [2.05, 4.69) is 15.6 Å². The number of nitrogens with one attached hydrogen (secondary N) is 2. The molecule has 0 saturated carbocycles. The van der Waals surface area contributed by atoms with Crippen LogP contribution in [0, 0.1) is 0 Å². The number of hydrogen-bond donors (Lipinski definition) is 2. The molecule has 1 aromatic heterocycles. The smallest absolute Gasteiger partial charge is 0.314 e. The van der Waals surface area contributed by atoms with E-state index < -0.39 is 0 Å². The number of imidazole rings is 1. The molecule has 0 saturated heterocycles. The Morgan fingerprint density at radius 3 is 3.00 bits per heavy atom. The van der Waals surface area contributed by atoms with E-state index in [9.17, 15) is 4.79 Å². The minimum Gasteiger partial charge on any atom is -0.341 e. The van der Waals surface area contributed by atoms with Gasteiger partial charge in [0, 0.05) is 39.5 Å². The van der Waals surface area contributed by atoms with Gasteiger partial charge in [0.25, 0.3) is 0 Å². The molecule has 0 aliphatic carbocycles. The average Bonchev–Trinajstić information content (AvgIpc) is 2.52. The highest BCUT2D eigenvalue weighted by atomic mass is 16.2. The van der Waals surface area contributed by atoms with E-state index in [-0.39, 0.29) is 6.03 Å². The van der Waals surface area contributed by atoms with Crippen LogP contribution in [0.1, 0.15) is 5.82 Å². The fourth-order valence-corrected chi connectivity index (χ4v) is 1.01. The van der Waals surface area contributed by atoms with E-state index in [4.69, 9.17) is 0 Å². The Balaban J connectivity index is 2.28. The second-order valence-electron chi connectivity index (χ2n) is 2.71. The summed E-state index contributed by atoms with van der Waals surface area (Å²) in [6.07, 6.45) is 4.38. The van der Waals surface area contributed by atoms with Crippen LogP contribution in [0.15, 0.2) is 12.4 Å². The zero-order valence-corrected chi connectivity index (χ0v) is 7.87. The number of carbonyl (C=O) groups is 1. The van der Waals surface area contributed by atoms with Crippen molar-refractivity contribution in [3.05, 3.63) is 18.2 Å². The minimum absolute atomic E-state index is 0.158. The SMILES string of the molecule is CNC(=O)NCCc1nccn1C. The normalized spacial score (nSPS) is 9.69. The number of rotatable bonds is 3. The lowest BCUT2D eigenvalue weighted by molar-refractivity contribution is 0.243. The quantitative estimate of drug-likeness (QED) is 0.685. The number of urea groups is 1. The fourth-order valence-electron chi connectivity index (χ4n) is 1.01. The summed E-state index contributed by atoms with van der Waals surface area (Å²) in [5.74, 6) is 0.969. The van der Waals surface area contributed by atoms with E-state index >= 15 is 0 Å². The first kappa shape index (κ1) is 9.57. The van der Waals surface area contributed by atoms with E-state index in [1.807, 2.05) is 17.8 Å². The van der Waals surface area contributed by atoms with Gasteiger partial charge in [-0.15, -0.1) is 0 Å². The molecule has 0 aliphatic heterocycles. The average molecular weight is 182 g/mol. The molecule has 5 heteroatoms. The number of aromatic nitrogens is 2. The van der Waals surface area contributed by atoms with Gasteiger partial charge in [0.15, 0.2) is 0 Å². The minimum atomic E-state index is -0.158. The van der Waals surface area contributed by atoms with Gasteiger partial charge in [-0.1, -0.05) is 0 Å². The van der Waals surface area contributed by atoms with Crippen molar-refractivity contribution in [3.63, 3.8) is 0 Å². The van der Waals surface area contributed by atoms with Crippen LogP contribution in [-0.4, -0.2) is 29.2 Å². The Morgan fingerprint density at radius 1 is 1.69 bits per heavy atom. The molecule has 13 heavy (non-hydrogen) atoms. The maximum Gasteiger partial charge on any atom is 0.314 e. The molecule has 2 amide bonds. The van der Waals surface area contributed by atoms with Crippen LogP contribution in [0.5, 0.6) is 0 Å². The van der Waals surface area contributed by atoms with Crippen LogP contribution in [0.3, 0.4) is 0 Å². The second-order valence-corrected chi connectivity index (χ2v) is 2.71. The van der Waals surface area contributed by atoms with Gasteiger partial charge < -0.3 is 15.2 Å². The summed E-state index contributed by atoms with van der Waals surface area (Å²) in [5, 5.41) is 5.18. The van der Waals surface area contributed by atoms with Gasteiger partial charge in [0.2, 0.25) is 0 Å². The summed E-state index contributed by atoms with van der Waals surface area (Å²) in [6, 6.07) is -0.158. The summed E-state index contributed by atoms with van der Waals surface area (Å²) in [5.41, 5.74) is 0. The van der Waals surface area contributed by atoms with Crippen molar-refractivity contribution in [1.82, 2.24) is 20.2 Å². The molecule has 0 fully saturated rings. The van der Waals surface area contributed by atoms with Gasteiger partial charge >= 0.3 is 6.03 Å². The van der Waals surface area contributed by atoms with E-state index in [0.717, 1.165) is 12.2 Å². The van der Waals surface area contributed by atoms with Crippen LogP contribution >= 0.6 is 0 Å². The molecular formula is C8H14N4O. The molecule has 2 N–H and O–H groups in total. The van der Waals surface area contributed by atoms with Crippen molar-refractivity contribution in [1.29, 1.82) is 0 Å². The van der Waals surface area contributed by atoms with Crippen molar-refractivity contribution >= 4 is 6.03 Å². The van der Waals surface area contributed by atoms with Crippen LogP contribution in [0.25, 0.3) is 0 Å². The lowest BCUT2D eigenvalue weighted by atomic mass is 10.4. The molecule has 5 nitrogen and oxygen atoms in total. The molecule has 0 aromatic carbocycles. The maximum absolute atomic E-state index is 10.8. The summed E-state index contributed by atoms with van der Waals surface area (Å²) < 4.78 is 1.94. The van der Waals surface area contributed by atoms with Crippen LogP contribution in [0.2, 0.25) is 0 Å². The van der Waals surface area contributed by atoms with E-state index in [1.54, 1.807) is 13.2 Å². The largest absolute Gasteiger partial charge is 0.341 e. The van der Waals surface area contributed by atoms with Crippen molar-refractivity contribution in [2.45, 2.75) is 6.42 Å². The third-order valence-corrected chi connectivity index (χ3v) is 1.78. The molecule has 1 rings (SSSR count). The molecule has 0 radical (unpaired) electrons. The molecule has 1 heterocycles. The highest BCUT2D eigenvalue weighted by Crippen LogP contribution is 1.93. The van der Waals surface area contributed by atoms with Gasteiger partial charge in [0.1, 0.15) is 5.82 Å². The number of carbonyl (C=O) groups excluding carboxylic acids is 1. The highest BCUT2D eigenvalue weighted by Gasteiger charge is 1.99. The molecule has 0 unspecified atom stereocenters. The van der Waals surface area contributed by atoms with Crippen molar-refractivity contribution < 1.29 is 4.79 Å². The highest BCUT2D eigenvalue weighted by molar-refractivity contribution is 5.73. The van der Waals surface area contributed by atoms with Gasteiger partial charge in [-0.05, 0) is 0 Å². The Bertz CT molecular complexity index is 281. The summed E-state index contributed by atoms with van der Waals surface area (Å²) in [6.45, 7) is 0.602. The van der Waals surface area contributed by atoms with Crippen LogP contribution in [-0.2, 0) is 13.5 Å². The van der Waals surface area contributed by atoms with E-state index in [0.29, 0.717) is 6.54 Å². The maximum atomic E-state index is 10.8. The third-order valence-electron chi connectivity index (χ3n) is 1.78. The molecule has 0 bridgehead atoms. The zero-order valence-electron chi connectivity index (χ0n) is 7.87. The number of amides is 2. The standard InChI is InChI=1S/C8H14N4O/c1-9-8(13)11-4-3-7-10-5-6-12(7)2/h5-6H,3-4H2,1-2H3,(H2,9,11,13). The topological polar surface area (TPSA) is 59.0 Å². The van der Waals surface area contributed by atoms with Crippen molar-refractivity contribution in [3.8, 4) is 0 Å². The summed E-state index contributed by atoms with van der Waals surface area (Å²) in [7, 11) is 3.53. The van der Waals surface area contributed by atoms with Gasteiger partial charge in [-0.3, -0.25) is 0 Å². The Morgan fingerprint density at radius 2 is 2.46 bits per heavy atom.